The lowest BCUT2D eigenvalue weighted by Gasteiger charge is -2.17. The molecule has 1 heterocycles. The van der Waals surface area contributed by atoms with Crippen LogP contribution in [-0.2, 0) is 4.79 Å². The maximum atomic E-state index is 13.2. The molecule has 128 valence electrons. The maximum absolute atomic E-state index is 13.2. The number of halogens is 2. The molecule has 0 aliphatic rings. The fourth-order valence-corrected chi connectivity index (χ4v) is 2.60. The summed E-state index contributed by atoms with van der Waals surface area (Å²) in [5, 5.41) is 5.17. The SMILES string of the molecule is CSCCC(NC(=O)c1ccco1)C(=O)Nc1ccc(F)c(Cl)c1. The van der Waals surface area contributed by atoms with E-state index in [0.717, 1.165) is 6.07 Å². The van der Waals surface area contributed by atoms with Crippen LogP contribution in [0.3, 0.4) is 0 Å². The van der Waals surface area contributed by atoms with Crippen LogP contribution in [-0.4, -0.2) is 29.9 Å². The number of anilines is 1. The molecule has 2 aromatic rings. The van der Waals surface area contributed by atoms with E-state index >= 15 is 0 Å². The van der Waals surface area contributed by atoms with Gasteiger partial charge in [0.25, 0.3) is 5.91 Å². The average Bonchev–Trinajstić information content (AvgIpc) is 3.09. The predicted octanol–water partition coefficient (Wildman–Crippen LogP) is 3.56. The maximum Gasteiger partial charge on any atom is 0.287 e. The fraction of sp³-hybridized carbons (Fsp3) is 0.250. The van der Waals surface area contributed by atoms with E-state index in [1.165, 1.54) is 24.5 Å². The molecular formula is C16H16ClFN2O3S. The van der Waals surface area contributed by atoms with Gasteiger partial charge in [0.05, 0.1) is 11.3 Å². The molecule has 0 aliphatic carbocycles. The zero-order chi connectivity index (χ0) is 17.5. The number of thioether (sulfide) groups is 1. The Hall–Kier alpha value is -1.99. The summed E-state index contributed by atoms with van der Waals surface area (Å²) in [4.78, 5) is 24.5. The van der Waals surface area contributed by atoms with Gasteiger partial charge < -0.3 is 15.1 Å². The van der Waals surface area contributed by atoms with Crippen molar-refractivity contribution in [2.75, 3.05) is 17.3 Å². The summed E-state index contributed by atoms with van der Waals surface area (Å²) >= 11 is 7.26. The first kappa shape index (κ1) is 18.4. The van der Waals surface area contributed by atoms with Gasteiger partial charge in [0, 0.05) is 5.69 Å². The van der Waals surface area contributed by atoms with E-state index in [2.05, 4.69) is 10.6 Å². The molecule has 8 heteroatoms. The minimum absolute atomic E-state index is 0.0897. The van der Waals surface area contributed by atoms with Gasteiger partial charge in [-0.3, -0.25) is 9.59 Å². The topological polar surface area (TPSA) is 71.3 Å². The monoisotopic (exact) mass is 370 g/mol. The van der Waals surface area contributed by atoms with Crippen LogP contribution in [0.15, 0.2) is 41.0 Å². The third-order valence-electron chi connectivity index (χ3n) is 3.16. The van der Waals surface area contributed by atoms with Crippen LogP contribution in [0.2, 0.25) is 5.02 Å². The second-order valence-corrected chi connectivity index (χ2v) is 6.30. The van der Waals surface area contributed by atoms with Crippen molar-refractivity contribution in [1.82, 2.24) is 5.32 Å². The molecule has 0 saturated heterocycles. The number of hydrogen-bond acceptors (Lipinski definition) is 4. The van der Waals surface area contributed by atoms with Crippen molar-refractivity contribution in [3.05, 3.63) is 53.2 Å². The Morgan fingerprint density at radius 1 is 1.38 bits per heavy atom. The van der Waals surface area contributed by atoms with Gasteiger partial charge in [-0.25, -0.2) is 4.39 Å². The van der Waals surface area contributed by atoms with E-state index < -0.39 is 23.7 Å². The zero-order valence-electron chi connectivity index (χ0n) is 12.8. The summed E-state index contributed by atoms with van der Waals surface area (Å²) in [7, 11) is 0. The Morgan fingerprint density at radius 3 is 2.79 bits per heavy atom. The van der Waals surface area contributed by atoms with Gasteiger partial charge in [0.15, 0.2) is 5.76 Å². The van der Waals surface area contributed by atoms with Gasteiger partial charge in [0.1, 0.15) is 11.9 Å². The number of carbonyl (C=O) groups is 2. The number of nitrogens with one attached hydrogen (secondary N) is 2. The van der Waals surface area contributed by atoms with Crippen LogP contribution in [0.5, 0.6) is 0 Å². The molecule has 1 unspecified atom stereocenters. The summed E-state index contributed by atoms with van der Waals surface area (Å²) in [6.45, 7) is 0. The summed E-state index contributed by atoms with van der Waals surface area (Å²) in [6, 6.07) is 6.23. The zero-order valence-corrected chi connectivity index (χ0v) is 14.4. The molecule has 0 spiro atoms. The van der Waals surface area contributed by atoms with E-state index in [9.17, 15) is 14.0 Å². The van der Waals surface area contributed by atoms with Gasteiger partial charge in [-0.2, -0.15) is 11.8 Å². The Labute approximate surface area is 147 Å². The van der Waals surface area contributed by atoms with Crippen LogP contribution >= 0.6 is 23.4 Å². The van der Waals surface area contributed by atoms with Crippen LogP contribution in [0.25, 0.3) is 0 Å². The van der Waals surface area contributed by atoms with Crippen molar-refractivity contribution in [1.29, 1.82) is 0 Å². The molecule has 2 N–H and O–H groups in total. The quantitative estimate of drug-likeness (QED) is 0.781. The third kappa shape index (κ3) is 5.01. The van der Waals surface area contributed by atoms with Crippen LogP contribution < -0.4 is 10.6 Å². The molecular weight excluding hydrogens is 355 g/mol. The molecule has 1 aromatic heterocycles. The lowest BCUT2D eigenvalue weighted by atomic mass is 10.2. The Morgan fingerprint density at radius 2 is 2.17 bits per heavy atom. The lowest BCUT2D eigenvalue weighted by Crippen LogP contribution is -2.44. The fourth-order valence-electron chi connectivity index (χ4n) is 1.94. The summed E-state index contributed by atoms with van der Waals surface area (Å²) in [6.07, 6.45) is 3.73. The van der Waals surface area contributed by atoms with Gasteiger partial charge in [0.2, 0.25) is 5.91 Å². The molecule has 0 bridgehead atoms. The smallest absolute Gasteiger partial charge is 0.287 e. The highest BCUT2D eigenvalue weighted by Crippen LogP contribution is 2.19. The number of rotatable bonds is 7. The normalized spacial score (nSPS) is 11.8. The highest BCUT2D eigenvalue weighted by atomic mass is 35.5. The number of furan rings is 1. The number of carbonyl (C=O) groups excluding carboxylic acids is 2. The van der Waals surface area contributed by atoms with Crippen molar-refractivity contribution >= 4 is 40.9 Å². The average molecular weight is 371 g/mol. The van der Waals surface area contributed by atoms with Crippen LogP contribution in [0.4, 0.5) is 10.1 Å². The van der Waals surface area contributed by atoms with Crippen molar-refractivity contribution in [3.63, 3.8) is 0 Å². The molecule has 0 fully saturated rings. The number of amides is 2. The van der Waals surface area contributed by atoms with E-state index in [1.807, 2.05) is 6.26 Å². The molecule has 24 heavy (non-hydrogen) atoms. The van der Waals surface area contributed by atoms with E-state index in [-0.39, 0.29) is 10.8 Å². The highest BCUT2D eigenvalue weighted by molar-refractivity contribution is 7.98. The van der Waals surface area contributed by atoms with Gasteiger partial charge >= 0.3 is 0 Å². The van der Waals surface area contributed by atoms with Crippen molar-refractivity contribution in [2.45, 2.75) is 12.5 Å². The second kappa shape index (κ2) is 8.75. The summed E-state index contributed by atoms with van der Waals surface area (Å²) in [5.41, 5.74) is 0.354. The standard InChI is InChI=1S/C16H16ClFN2O3S/c1-24-8-6-13(20-16(22)14-3-2-7-23-14)15(21)19-10-4-5-12(18)11(17)9-10/h2-5,7,9,13H,6,8H2,1H3,(H,19,21)(H,20,22). The molecule has 0 saturated carbocycles. The second-order valence-electron chi connectivity index (χ2n) is 4.90. The highest BCUT2D eigenvalue weighted by Gasteiger charge is 2.22. The largest absolute Gasteiger partial charge is 0.459 e. The van der Waals surface area contributed by atoms with Crippen molar-refractivity contribution in [2.24, 2.45) is 0 Å². The molecule has 0 radical (unpaired) electrons. The summed E-state index contributed by atoms with van der Waals surface area (Å²) in [5.74, 6) is -0.646. The first-order valence-corrected chi connectivity index (χ1v) is 8.87. The first-order valence-electron chi connectivity index (χ1n) is 7.10. The molecule has 0 aliphatic heterocycles. The third-order valence-corrected chi connectivity index (χ3v) is 4.10. The molecule has 1 atom stereocenters. The number of hydrogen-bond donors (Lipinski definition) is 2. The van der Waals surface area contributed by atoms with E-state index in [0.29, 0.717) is 17.9 Å². The molecule has 2 rings (SSSR count). The summed E-state index contributed by atoms with van der Waals surface area (Å²) < 4.78 is 18.2. The minimum atomic E-state index is -0.751. The van der Waals surface area contributed by atoms with E-state index in [1.54, 1.807) is 17.8 Å². The number of benzene rings is 1. The predicted molar refractivity (Wildman–Crippen MR) is 93.0 cm³/mol. The molecule has 5 nitrogen and oxygen atoms in total. The van der Waals surface area contributed by atoms with Crippen molar-refractivity contribution < 1.29 is 18.4 Å². The van der Waals surface area contributed by atoms with Gasteiger partial charge in [-0.05, 0) is 48.8 Å². The Kier molecular flexibility index (Phi) is 6.69. The van der Waals surface area contributed by atoms with Crippen LogP contribution in [0, 0.1) is 5.82 Å². The van der Waals surface area contributed by atoms with Gasteiger partial charge in [-0.1, -0.05) is 11.6 Å². The van der Waals surface area contributed by atoms with E-state index in [4.69, 9.17) is 16.0 Å². The lowest BCUT2D eigenvalue weighted by molar-refractivity contribution is -0.118. The van der Waals surface area contributed by atoms with Gasteiger partial charge in [-0.15, -0.1) is 0 Å². The first-order chi connectivity index (χ1) is 11.5. The van der Waals surface area contributed by atoms with Crippen LogP contribution in [0.1, 0.15) is 17.0 Å². The minimum Gasteiger partial charge on any atom is -0.459 e. The molecule has 1 aromatic carbocycles. The molecule has 2 amide bonds. The Balaban J connectivity index is 2.06. The Bertz CT molecular complexity index is 709. The van der Waals surface area contributed by atoms with Crippen molar-refractivity contribution in [3.8, 4) is 0 Å².